The highest BCUT2D eigenvalue weighted by Gasteiger charge is 2.63. The lowest BCUT2D eigenvalue weighted by atomic mass is 9.72. The lowest BCUT2D eigenvalue weighted by molar-refractivity contribution is -0.425. The molecule has 0 aromatic heterocycles. The molecule has 4 fully saturated rings. The quantitative estimate of drug-likeness (QED) is 0.544. The summed E-state index contributed by atoms with van der Waals surface area (Å²) in [7, 11) is 0. The van der Waals surface area contributed by atoms with Crippen molar-refractivity contribution in [3.8, 4) is 0 Å². The van der Waals surface area contributed by atoms with Gasteiger partial charge in [-0.3, -0.25) is 0 Å². The number of piperidine rings is 2. The Bertz CT molecular complexity index is 692. The maximum absolute atomic E-state index is 13.2. The van der Waals surface area contributed by atoms with Gasteiger partial charge in [0, 0.05) is 36.8 Å². The van der Waals surface area contributed by atoms with Gasteiger partial charge in [0.1, 0.15) is 0 Å². The Morgan fingerprint density at radius 2 is 0.829 bits per heavy atom. The van der Waals surface area contributed by atoms with E-state index in [-0.39, 0.29) is 5.41 Å². The molecule has 8 heteroatoms. The molecule has 35 heavy (non-hydrogen) atoms. The van der Waals surface area contributed by atoms with Gasteiger partial charge in [-0.05, 0) is 53.4 Å². The standard InChI is InChI=1S/C27H48N2O6/c1-9-24(10-2)15-26(13-21(5,6)28(24)30)32-17-23(18-33-26)19-34-27(35-20-23)14-22(7,8)29(31)25(11-3,12-4)16-27/h9-20H2,1-8H3. The van der Waals surface area contributed by atoms with Crippen LogP contribution in [0.25, 0.3) is 0 Å². The summed E-state index contributed by atoms with van der Waals surface area (Å²) >= 11 is 0. The van der Waals surface area contributed by atoms with Crippen LogP contribution in [0.4, 0.5) is 0 Å². The zero-order valence-corrected chi connectivity index (χ0v) is 23.3. The predicted molar refractivity (Wildman–Crippen MR) is 130 cm³/mol. The van der Waals surface area contributed by atoms with Crippen molar-refractivity contribution in [3.05, 3.63) is 0 Å². The smallest absolute Gasteiger partial charge is 0.172 e. The third-order valence-electron chi connectivity index (χ3n) is 9.76. The summed E-state index contributed by atoms with van der Waals surface area (Å²) in [5.41, 5.74) is -2.50. The van der Waals surface area contributed by atoms with Gasteiger partial charge in [-0.25, -0.2) is 0 Å². The van der Waals surface area contributed by atoms with E-state index in [2.05, 4.69) is 27.7 Å². The van der Waals surface area contributed by atoms with Gasteiger partial charge in [-0.15, -0.1) is 20.5 Å². The fourth-order valence-corrected chi connectivity index (χ4v) is 7.47. The third kappa shape index (κ3) is 4.40. The molecule has 0 aliphatic carbocycles. The highest BCUT2D eigenvalue weighted by atomic mass is 16.7. The molecular weight excluding hydrogens is 448 g/mol. The van der Waals surface area contributed by atoms with Crippen LogP contribution in [0, 0.1) is 5.41 Å². The molecule has 0 N–H and O–H groups in total. The van der Waals surface area contributed by atoms with Crippen LogP contribution in [0.1, 0.15) is 107 Å². The number of rotatable bonds is 4. The molecule has 0 bridgehead atoms. The summed E-state index contributed by atoms with van der Waals surface area (Å²) in [6.07, 6.45) is 5.26. The maximum atomic E-state index is 13.2. The second kappa shape index (κ2) is 8.87. The van der Waals surface area contributed by atoms with E-state index in [1.165, 1.54) is 10.1 Å². The molecule has 0 aromatic rings. The second-order valence-electron chi connectivity index (χ2n) is 13.3. The topological polar surface area (TPSA) is 83.2 Å². The lowest BCUT2D eigenvalue weighted by Gasteiger charge is -2.61. The van der Waals surface area contributed by atoms with Crippen LogP contribution in [0.5, 0.6) is 0 Å². The Hall–Kier alpha value is -0.320. The molecule has 3 spiro atoms. The predicted octanol–water partition coefficient (Wildman–Crippen LogP) is 5.02. The maximum Gasteiger partial charge on any atom is 0.172 e. The van der Waals surface area contributed by atoms with Gasteiger partial charge >= 0.3 is 0 Å². The molecular formula is C27H48N2O6. The number of hydrogen-bond donors (Lipinski definition) is 0. The normalized spacial score (nSPS) is 32.7. The van der Waals surface area contributed by atoms with Gasteiger partial charge in [-0.2, -0.15) is 0 Å². The minimum Gasteiger partial charge on any atom is -0.349 e. The van der Waals surface area contributed by atoms with Crippen molar-refractivity contribution in [1.29, 1.82) is 0 Å². The largest absolute Gasteiger partial charge is 0.349 e. The van der Waals surface area contributed by atoms with E-state index in [0.717, 1.165) is 25.7 Å². The molecule has 202 valence electrons. The average Bonchev–Trinajstić information content (AvgIpc) is 2.83. The van der Waals surface area contributed by atoms with Crippen molar-refractivity contribution < 1.29 is 29.4 Å². The first-order chi connectivity index (χ1) is 16.2. The minimum absolute atomic E-state index is 0.379. The molecule has 4 aliphatic heterocycles. The summed E-state index contributed by atoms with van der Waals surface area (Å²) < 4.78 is 26.2. The lowest BCUT2D eigenvalue weighted by Crippen LogP contribution is -2.71. The summed E-state index contributed by atoms with van der Waals surface area (Å²) in [4.78, 5) is 0. The van der Waals surface area contributed by atoms with Crippen molar-refractivity contribution >= 4 is 0 Å². The number of nitrogens with zero attached hydrogens (tertiary/aromatic N) is 2. The van der Waals surface area contributed by atoms with Crippen molar-refractivity contribution in [1.82, 2.24) is 10.1 Å². The molecule has 4 rings (SSSR count). The van der Waals surface area contributed by atoms with Crippen LogP contribution in [-0.2, 0) is 29.4 Å². The molecule has 0 amide bonds. The number of ether oxygens (including phenoxy) is 4. The van der Waals surface area contributed by atoms with E-state index >= 15 is 0 Å². The van der Waals surface area contributed by atoms with Crippen molar-refractivity contribution in [2.24, 2.45) is 5.41 Å². The Balaban J connectivity index is 1.47. The monoisotopic (exact) mass is 496 g/mol. The van der Waals surface area contributed by atoms with Crippen LogP contribution in [0.15, 0.2) is 0 Å². The molecule has 4 saturated heterocycles. The third-order valence-corrected chi connectivity index (χ3v) is 9.76. The first-order valence-corrected chi connectivity index (χ1v) is 13.7. The Labute approximate surface area is 212 Å². The Kier molecular flexibility index (Phi) is 7.02. The van der Waals surface area contributed by atoms with Crippen LogP contribution in [0.2, 0.25) is 0 Å². The van der Waals surface area contributed by atoms with Gasteiger partial charge in [0.05, 0.1) is 42.9 Å². The van der Waals surface area contributed by atoms with E-state index in [9.17, 15) is 10.4 Å². The summed E-state index contributed by atoms with van der Waals surface area (Å²) in [5.74, 6) is -1.52. The highest BCUT2D eigenvalue weighted by Crippen LogP contribution is 2.53. The van der Waals surface area contributed by atoms with Crippen LogP contribution >= 0.6 is 0 Å². The summed E-state index contributed by atoms with van der Waals surface area (Å²) in [6.45, 7) is 18.2. The zero-order chi connectivity index (χ0) is 26.0. The van der Waals surface area contributed by atoms with Gasteiger partial charge in [0.25, 0.3) is 0 Å². The molecule has 0 unspecified atom stereocenters. The van der Waals surface area contributed by atoms with Gasteiger partial charge in [0.2, 0.25) is 0 Å². The van der Waals surface area contributed by atoms with E-state index in [1.54, 1.807) is 0 Å². The molecule has 4 heterocycles. The second-order valence-corrected chi connectivity index (χ2v) is 13.3. The Morgan fingerprint density at radius 1 is 0.543 bits per heavy atom. The van der Waals surface area contributed by atoms with Crippen molar-refractivity contribution in [3.63, 3.8) is 0 Å². The van der Waals surface area contributed by atoms with E-state index in [0.29, 0.717) is 52.1 Å². The molecule has 0 saturated carbocycles. The fraction of sp³-hybridized carbons (Fsp3) is 1.00. The number of hydrogen-bond acceptors (Lipinski definition) is 6. The molecule has 0 atom stereocenters. The van der Waals surface area contributed by atoms with Crippen LogP contribution in [-0.4, -0.2) is 70.3 Å². The number of hydroxylamine groups is 4. The van der Waals surface area contributed by atoms with Gasteiger partial charge < -0.3 is 18.9 Å². The minimum atomic E-state index is -0.758. The van der Waals surface area contributed by atoms with Gasteiger partial charge in [-0.1, -0.05) is 27.7 Å². The fourth-order valence-electron chi connectivity index (χ4n) is 7.47. The summed E-state index contributed by atoms with van der Waals surface area (Å²) in [6, 6.07) is 0. The van der Waals surface area contributed by atoms with E-state index < -0.39 is 33.7 Å². The molecule has 8 nitrogen and oxygen atoms in total. The molecule has 4 aliphatic rings. The SMILES string of the molecule is CCC1(CC)CC2(CC(C)(C)N1[O])OCC1(CO2)COC2(CC(C)(C)N([O])C(CC)(CC)C2)OC1. The average molecular weight is 497 g/mol. The van der Waals surface area contributed by atoms with E-state index in [1.807, 2.05) is 27.7 Å². The molecule has 0 aromatic carbocycles. The molecule has 2 radical (unpaired) electrons. The first-order valence-electron chi connectivity index (χ1n) is 13.7. The van der Waals surface area contributed by atoms with Gasteiger partial charge in [0.15, 0.2) is 11.6 Å². The van der Waals surface area contributed by atoms with Crippen LogP contribution in [0.3, 0.4) is 0 Å². The van der Waals surface area contributed by atoms with Crippen molar-refractivity contribution in [2.75, 3.05) is 26.4 Å². The Morgan fingerprint density at radius 3 is 1.09 bits per heavy atom. The van der Waals surface area contributed by atoms with Crippen molar-refractivity contribution in [2.45, 2.75) is 140 Å². The highest BCUT2D eigenvalue weighted by molar-refractivity contribution is 5.07. The van der Waals surface area contributed by atoms with E-state index in [4.69, 9.17) is 18.9 Å². The summed E-state index contributed by atoms with van der Waals surface area (Å²) in [5, 5.41) is 29.1. The van der Waals surface area contributed by atoms with Crippen LogP contribution < -0.4 is 0 Å². The zero-order valence-electron chi connectivity index (χ0n) is 23.3. The first kappa shape index (κ1) is 27.7.